The van der Waals surface area contributed by atoms with Crippen LogP contribution in [0.15, 0.2) is 34.5 Å². The Kier molecular flexibility index (Phi) is 5.92. The highest BCUT2D eigenvalue weighted by atomic mass is 32.2. The summed E-state index contributed by atoms with van der Waals surface area (Å²) in [7, 11) is -3.73. The highest BCUT2D eigenvalue weighted by molar-refractivity contribution is 7.89. The van der Waals surface area contributed by atoms with Crippen LogP contribution in [0.25, 0.3) is 0 Å². The number of aryl methyl sites for hydroxylation is 1. The highest BCUT2D eigenvalue weighted by Crippen LogP contribution is 2.27. The van der Waals surface area contributed by atoms with Crippen molar-refractivity contribution in [2.75, 3.05) is 31.6 Å². The Labute approximate surface area is 179 Å². The van der Waals surface area contributed by atoms with Gasteiger partial charge in [0, 0.05) is 24.7 Å². The molecule has 0 atom stereocenters. The molecule has 1 aliphatic carbocycles. The number of nitrogens with one attached hydrogen (secondary N) is 2. The number of benzene rings is 1. The molecule has 2 N–H and O–H groups in total. The van der Waals surface area contributed by atoms with Gasteiger partial charge in [-0.15, -0.1) is 11.3 Å². The number of rotatable bonds is 6. The molecule has 2 aromatic rings. The average molecular weight is 450 g/mol. The van der Waals surface area contributed by atoms with E-state index >= 15 is 0 Å². The zero-order valence-electron chi connectivity index (χ0n) is 16.5. The van der Waals surface area contributed by atoms with Gasteiger partial charge in [-0.2, -0.15) is 4.31 Å². The summed E-state index contributed by atoms with van der Waals surface area (Å²) in [5.74, 6) is -0.676. The lowest BCUT2D eigenvalue weighted by molar-refractivity contribution is 0.0730. The lowest BCUT2D eigenvalue weighted by atomic mass is 10.1. The summed E-state index contributed by atoms with van der Waals surface area (Å²) < 4.78 is 32.7. The van der Waals surface area contributed by atoms with Crippen molar-refractivity contribution in [1.82, 2.24) is 9.62 Å². The fraction of sp³-hybridized carbons (Fsp3) is 0.400. The van der Waals surface area contributed by atoms with E-state index in [1.165, 1.54) is 21.7 Å². The van der Waals surface area contributed by atoms with Crippen LogP contribution in [0.1, 0.15) is 39.1 Å². The number of amides is 2. The smallest absolute Gasteiger partial charge is 0.256 e. The maximum absolute atomic E-state index is 13.0. The molecule has 30 heavy (non-hydrogen) atoms. The van der Waals surface area contributed by atoms with Crippen LogP contribution in [0.2, 0.25) is 0 Å². The number of morpholine rings is 1. The van der Waals surface area contributed by atoms with Crippen LogP contribution < -0.4 is 10.6 Å². The number of thiophene rings is 1. The average Bonchev–Trinajstić information content (AvgIpc) is 3.43. The Morgan fingerprint density at radius 2 is 1.87 bits per heavy atom. The van der Waals surface area contributed by atoms with Crippen LogP contribution in [0.4, 0.5) is 5.00 Å². The molecule has 160 valence electrons. The van der Waals surface area contributed by atoms with Crippen molar-refractivity contribution in [3.05, 3.63) is 46.3 Å². The molecule has 1 aromatic carbocycles. The Morgan fingerprint density at radius 3 is 2.57 bits per heavy atom. The first-order chi connectivity index (χ1) is 14.4. The van der Waals surface area contributed by atoms with Crippen molar-refractivity contribution in [3.63, 3.8) is 0 Å². The molecule has 1 aliphatic heterocycles. The number of nitrogens with zero attached hydrogens (tertiary/aromatic N) is 1. The number of carbonyl (C=O) groups excluding carboxylic acids is 2. The molecule has 0 spiro atoms. The molecule has 2 heterocycles. The topological polar surface area (TPSA) is 105 Å². The molecule has 1 saturated carbocycles. The molecule has 8 nitrogen and oxygen atoms in total. The SMILES string of the molecule is Cc1ccc(C(=O)Nc2sccc2C(=O)NC2CC2)cc1S(=O)(=O)N1CCOCC1. The number of carbonyl (C=O) groups is 2. The van der Waals surface area contributed by atoms with Gasteiger partial charge in [-0.1, -0.05) is 6.07 Å². The molecular formula is C20H23N3O5S2. The van der Waals surface area contributed by atoms with Crippen LogP contribution >= 0.6 is 11.3 Å². The van der Waals surface area contributed by atoms with E-state index in [9.17, 15) is 18.0 Å². The van der Waals surface area contributed by atoms with Gasteiger partial charge in [-0.3, -0.25) is 9.59 Å². The molecule has 2 fully saturated rings. The van der Waals surface area contributed by atoms with Gasteiger partial charge in [0.25, 0.3) is 11.8 Å². The van der Waals surface area contributed by atoms with Crippen molar-refractivity contribution in [2.24, 2.45) is 0 Å². The Morgan fingerprint density at radius 1 is 1.13 bits per heavy atom. The van der Waals surface area contributed by atoms with E-state index in [2.05, 4.69) is 10.6 Å². The van der Waals surface area contributed by atoms with E-state index in [-0.39, 0.29) is 35.5 Å². The van der Waals surface area contributed by atoms with Crippen molar-refractivity contribution in [3.8, 4) is 0 Å². The van der Waals surface area contributed by atoms with E-state index in [0.29, 0.717) is 29.3 Å². The first kappa shape index (κ1) is 21.0. The third-order valence-electron chi connectivity index (χ3n) is 5.09. The number of ether oxygens (including phenoxy) is 1. The quantitative estimate of drug-likeness (QED) is 0.704. The van der Waals surface area contributed by atoms with Gasteiger partial charge >= 0.3 is 0 Å². The summed E-state index contributed by atoms with van der Waals surface area (Å²) in [5.41, 5.74) is 1.20. The van der Waals surface area contributed by atoms with E-state index in [4.69, 9.17) is 4.74 Å². The largest absolute Gasteiger partial charge is 0.379 e. The van der Waals surface area contributed by atoms with Crippen molar-refractivity contribution < 1.29 is 22.7 Å². The molecule has 1 aromatic heterocycles. The standard InChI is InChI=1S/C20H23N3O5S2/c1-13-2-3-14(12-17(13)30(26,27)23-7-9-28-10-8-23)18(24)22-20-16(6-11-29-20)19(25)21-15-4-5-15/h2-3,6,11-12,15H,4-5,7-10H2,1H3,(H,21,25)(H,22,24). The monoisotopic (exact) mass is 449 g/mol. The van der Waals surface area contributed by atoms with Crippen LogP contribution in [0.5, 0.6) is 0 Å². The second kappa shape index (κ2) is 8.46. The third-order valence-corrected chi connectivity index (χ3v) is 7.96. The van der Waals surface area contributed by atoms with Crippen LogP contribution in [-0.2, 0) is 14.8 Å². The van der Waals surface area contributed by atoms with Crippen LogP contribution in [0, 0.1) is 6.92 Å². The fourth-order valence-corrected chi connectivity index (χ4v) is 5.63. The van der Waals surface area contributed by atoms with Gasteiger partial charge in [0.1, 0.15) is 5.00 Å². The molecule has 2 amide bonds. The number of anilines is 1. The second-order valence-electron chi connectivity index (χ2n) is 7.36. The molecule has 0 radical (unpaired) electrons. The predicted octanol–water partition coefficient (Wildman–Crippen LogP) is 2.22. The van der Waals surface area contributed by atoms with Crippen LogP contribution in [0.3, 0.4) is 0 Å². The Bertz CT molecular complexity index is 1070. The summed E-state index contributed by atoms with van der Waals surface area (Å²) >= 11 is 1.25. The van der Waals surface area contributed by atoms with Crippen LogP contribution in [-0.4, -0.2) is 56.9 Å². The zero-order chi connectivity index (χ0) is 21.3. The summed E-state index contributed by atoms with van der Waals surface area (Å²) in [5, 5.41) is 7.83. The number of sulfonamides is 1. The summed E-state index contributed by atoms with van der Waals surface area (Å²) in [6.07, 6.45) is 1.95. The van der Waals surface area contributed by atoms with Gasteiger partial charge in [-0.05, 0) is 48.9 Å². The van der Waals surface area contributed by atoms with Gasteiger partial charge in [0.05, 0.1) is 23.7 Å². The first-order valence-electron chi connectivity index (χ1n) is 9.74. The summed E-state index contributed by atoms with van der Waals surface area (Å²) in [6, 6.07) is 6.48. The van der Waals surface area contributed by atoms with Crippen molar-refractivity contribution in [2.45, 2.75) is 30.7 Å². The van der Waals surface area contributed by atoms with E-state index < -0.39 is 15.9 Å². The van der Waals surface area contributed by atoms with Gasteiger partial charge in [0.15, 0.2) is 0 Å². The molecule has 10 heteroatoms. The van der Waals surface area contributed by atoms with Gasteiger partial charge < -0.3 is 15.4 Å². The molecule has 1 saturated heterocycles. The van der Waals surface area contributed by atoms with E-state index in [0.717, 1.165) is 12.8 Å². The molecular weight excluding hydrogens is 426 g/mol. The van der Waals surface area contributed by atoms with Crippen molar-refractivity contribution in [1.29, 1.82) is 0 Å². The zero-order valence-corrected chi connectivity index (χ0v) is 18.1. The number of hydrogen-bond donors (Lipinski definition) is 2. The molecule has 2 aliphatic rings. The molecule has 0 bridgehead atoms. The Balaban J connectivity index is 1.55. The first-order valence-corrected chi connectivity index (χ1v) is 12.1. The molecule has 0 unspecified atom stereocenters. The summed E-state index contributed by atoms with van der Waals surface area (Å²) in [6.45, 7) is 2.97. The minimum atomic E-state index is -3.73. The van der Waals surface area contributed by atoms with Crippen molar-refractivity contribution >= 4 is 38.2 Å². The predicted molar refractivity (Wildman–Crippen MR) is 114 cm³/mol. The summed E-state index contributed by atoms with van der Waals surface area (Å²) in [4.78, 5) is 25.3. The van der Waals surface area contributed by atoms with Gasteiger partial charge in [-0.25, -0.2) is 8.42 Å². The molecule has 4 rings (SSSR count). The minimum absolute atomic E-state index is 0.106. The second-order valence-corrected chi connectivity index (χ2v) is 10.2. The highest BCUT2D eigenvalue weighted by Gasteiger charge is 2.29. The third kappa shape index (κ3) is 4.41. The maximum Gasteiger partial charge on any atom is 0.256 e. The van der Waals surface area contributed by atoms with E-state index in [1.807, 2.05) is 0 Å². The minimum Gasteiger partial charge on any atom is -0.379 e. The lowest BCUT2D eigenvalue weighted by Gasteiger charge is -2.26. The number of hydrogen-bond acceptors (Lipinski definition) is 6. The fourth-order valence-electron chi connectivity index (χ4n) is 3.20. The normalized spacial score (nSPS) is 17.5. The Hall–Kier alpha value is -2.27. The van der Waals surface area contributed by atoms with E-state index in [1.54, 1.807) is 30.5 Å². The van der Waals surface area contributed by atoms with Gasteiger partial charge in [0.2, 0.25) is 10.0 Å². The maximum atomic E-state index is 13.0. The lowest BCUT2D eigenvalue weighted by Crippen LogP contribution is -2.40.